The Morgan fingerprint density at radius 3 is 1.23 bits per heavy atom. The summed E-state index contributed by atoms with van der Waals surface area (Å²) >= 11 is 0. The zero-order chi connectivity index (χ0) is 26.7. The van der Waals surface area contributed by atoms with Crippen LogP contribution in [-0.4, -0.2) is 41.3 Å². The molecule has 1 aliphatic heterocycles. The maximum absolute atomic E-state index is 5.09. The Balaban J connectivity index is 1.34. The lowest BCUT2D eigenvalue weighted by Crippen LogP contribution is -2.13. The molecule has 40 heavy (non-hydrogen) atoms. The van der Waals surface area contributed by atoms with Crippen molar-refractivity contribution in [1.82, 2.24) is 29.9 Å². The van der Waals surface area contributed by atoms with Gasteiger partial charge in [-0.05, 0) is 72.8 Å². The third kappa shape index (κ3) is 4.43. The molecule has 6 aromatic rings. The van der Waals surface area contributed by atoms with Gasteiger partial charge in [-0.15, -0.1) is 0 Å². The minimum Gasteiger partial charge on any atom is -0.265 e. The molecule has 0 atom stereocenters. The first-order valence-electron chi connectivity index (χ1n) is 12.7. The zero-order valence-corrected chi connectivity index (χ0v) is 21.1. The molecule has 0 amide bonds. The summed E-state index contributed by atoms with van der Waals surface area (Å²) in [5.41, 5.74) is 9.38. The van der Waals surface area contributed by atoms with E-state index in [1.807, 2.05) is 85.2 Å². The Morgan fingerprint density at radius 2 is 0.825 bits per heavy atom. The topological polar surface area (TPSA) is 102 Å². The molecule has 8 heteroatoms. The SMILES string of the molecule is c1cnc2c(c1)N=C(c1ccc(-c3ccncc3)nc1)c1ncccc1N=C2c1ccc(-c2ccncc2)nc1. The van der Waals surface area contributed by atoms with Crippen LogP contribution >= 0.6 is 0 Å². The normalized spacial score (nSPS) is 12.3. The molecular formula is C32H20N8. The molecule has 0 spiro atoms. The third-order valence-electron chi connectivity index (χ3n) is 6.51. The molecule has 0 bridgehead atoms. The first-order valence-corrected chi connectivity index (χ1v) is 12.7. The third-order valence-corrected chi connectivity index (χ3v) is 6.51. The largest absolute Gasteiger partial charge is 0.265 e. The molecule has 6 aromatic heterocycles. The van der Waals surface area contributed by atoms with Gasteiger partial charge < -0.3 is 0 Å². The number of fused-ring (bicyclic) bond motifs is 2. The quantitative estimate of drug-likeness (QED) is 0.283. The zero-order valence-electron chi connectivity index (χ0n) is 21.1. The molecule has 0 unspecified atom stereocenters. The fraction of sp³-hybridized carbons (Fsp3) is 0. The first-order chi connectivity index (χ1) is 19.8. The van der Waals surface area contributed by atoms with Gasteiger partial charge in [0.05, 0.1) is 22.8 Å². The van der Waals surface area contributed by atoms with Gasteiger partial charge in [-0.3, -0.25) is 29.9 Å². The number of rotatable bonds is 4. The van der Waals surface area contributed by atoms with Crippen LogP contribution in [0.15, 0.2) is 132 Å². The second-order valence-corrected chi connectivity index (χ2v) is 9.00. The van der Waals surface area contributed by atoms with Crippen molar-refractivity contribution in [2.45, 2.75) is 0 Å². The van der Waals surface area contributed by atoms with Crippen LogP contribution < -0.4 is 0 Å². The second-order valence-electron chi connectivity index (χ2n) is 9.00. The van der Waals surface area contributed by atoms with E-state index >= 15 is 0 Å². The Hall–Kier alpha value is -5.76. The van der Waals surface area contributed by atoms with Gasteiger partial charge in [0, 0.05) is 71.8 Å². The smallest absolute Gasteiger partial charge is 0.115 e. The average Bonchev–Trinajstić information content (AvgIpc) is 3.03. The molecular weight excluding hydrogens is 496 g/mol. The van der Waals surface area contributed by atoms with Crippen LogP contribution in [0.4, 0.5) is 11.4 Å². The highest BCUT2D eigenvalue weighted by Gasteiger charge is 2.22. The first kappa shape index (κ1) is 23.4. The predicted molar refractivity (Wildman–Crippen MR) is 154 cm³/mol. The summed E-state index contributed by atoms with van der Waals surface area (Å²) in [6.45, 7) is 0. The van der Waals surface area contributed by atoms with E-state index in [2.05, 4.69) is 9.97 Å². The molecule has 1 aliphatic rings. The lowest BCUT2D eigenvalue weighted by molar-refractivity contribution is 1.21. The van der Waals surface area contributed by atoms with Crippen molar-refractivity contribution in [3.63, 3.8) is 0 Å². The molecule has 0 aromatic carbocycles. The summed E-state index contributed by atoms with van der Waals surface area (Å²) in [7, 11) is 0. The van der Waals surface area contributed by atoms with Crippen molar-refractivity contribution >= 4 is 22.8 Å². The molecule has 7 heterocycles. The van der Waals surface area contributed by atoms with Gasteiger partial charge in [0.2, 0.25) is 0 Å². The Kier molecular flexibility index (Phi) is 5.95. The highest BCUT2D eigenvalue weighted by molar-refractivity contribution is 6.21. The molecule has 0 fully saturated rings. The van der Waals surface area contributed by atoms with E-state index in [0.717, 1.165) is 33.6 Å². The summed E-state index contributed by atoms with van der Waals surface area (Å²) in [6.07, 6.45) is 14.2. The summed E-state index contributed by atoms with van der Waals surface area (Å²) in [4.78, 5) is 37.2. The average molecular weight is 517 g/mol. The monoisotopic (exact) mass is 516 g/mol. The van der Waals surface area contributed by atoms with Crippen LogP contribution in [0.1, 0.15) is 22.5 Å². The van der Waals surface area contributed by atoms with Gasteiger partial charge in [-0.2, -0.15) is 0 Å². The van der Waals surface area contributed by atoms with Crippen molar-refractivity contribution in [1.29, 1.82) is 0 Å². The maximum Gasteiger partial charge on any atom is 0.115 e. The predicted octanol–water partition coefficient (Wildman–Crippen LogP) is 6.04. The number of hydrogen-bond donors (Lipinski definition) is 0. The van der Waals surface area contributed by atoms with Crippen LogP contribution in [0.25, 0.3) is 22.5 Å². The summed E-state index contributed by atoms with van der Waals surface area (Å²) in [6, 6.07) is 23.3. The van der Waals surface area contributed by atoms with E-state index < -0.39 is 0 Å². The number of aliphatic imine (C=N–C) groups is 2. The Labute approximate surface area is 230 Å². The van der Waals surface area contributed by atoms with Gasteiger partial charge in [0.1, 0.15) is 22.8 Å². The van der Waals surface area contributed by atoms with E-state index in [0.29, 0.717) is 34.2 Å². The van der Waals surface area contributed by atoms with E-state index in [4.69, 9.17) is 29.9 Å². The summed E-state index contributed by atoms with van der Waals surface area (Å²) in [5.74, 6) is 0. The van der Waals surface area contributed by atoms with Crippen LogP contribution in [0.5, 0.6) is 0 Å². The fourth-order valence-electron chi connectivity index (χ4n) is 4.54. The molecule has 7 rings (SSSR count). The molecule has 188 valence electrons. The lowest BCUT2D eigenvalue weighted by Gasteiger charge is -2.16. The Bertz CT molecular complexity index is 1720. The van der Waals surface area contributed by atoms with Crippen LogP contribution in [0.3, 0.4) is 0 Å². The standard InChI is InChI=1S/C32H20N8/c1-3-27-31(35-13-1)29(23-5-7-25(37-19-23)21-9-15-33-16-10-21)40-28-4-2-14-36-32(28)30(39-27)24-6-8-26(38-20-24)22-11-17-34-18-12-22/h1-20H. The minimum absolute atomic E-state index is 0.661. The van der Waals surface area contributed by atoms with Crippen molar-refractivity contribution in [2.24, 2.45) is 9.98 Å². The fourth-order valence-corrected chi connectivity index (χ4v) is 4.54. The van der Waals surface area contributed by atoms with Gasteiger partial charge in [0.15, 0.2) is 0 Å². The molecule has 0 aliphatic carbocycles. The number of nitrogens with zero attached hydrogens (tertiary/aromatic N) is 8. The highest BCUT2D eigenvalue weighted by Crippen LogP contribution is 2.31. The molecule has 0 N–H and O–H groups in total. The highest BCUT2D eigenvalue weighted by atomic mass is 14.9. The van der Waals surface area contributed by atoms with Crippen LogP contribution in [-0.2, 0) is 0 Å². The summed E-state index contributed by atoms with van der Waals surface area (Å²) in [5, 5.41) is 0. The Morgan fingerprint density at radius 1 is 0.375 bits per heavy atom. The van der Waals surface area contributed by atoms with Crippen molar-refractivity contribution in [3.05, 3.63) is 145 Å². The second kappa shape index (κ2) is 10.2. The van der Waals surface area contributed by atoms with E-state index in [-0.39, 0.29) is 0 Å². The lowest BCUT2D eigenvalue weighted by atomic mass is 10.0. The van der Waals surface area contributed by atoms with Crippen LogP contribution in [0, 0.1) is 0 Å². The molecule has 0 radical (unpaired) electrons. The number of aromatic nitrogens is 6. The van der Waals surface area contributed by atoms with Gasteiger partial charge in [-0.1, -0.05) is 0 Å². The summed E-state index contributed by atoms with van der Waals surface area (Å²) < 4.78 is 0. The van der Waals surface area contributed by atoms with Crippen LogP contribution in [0.2, 0.25) is 0 Å². The maximum atomic E-state index is 5.09. The van der Waals surface area contributed by atoms with Gasteiger partial charge in [0.25, 0.3) is 0 Å². The van der Waals surface area contributed by atoms with E-state index in [1.54, 1.807) is 37.2 Å². The number of hydrogen-bond acceptors (Lipinski definition) is 8. The van der Waals surface area contributed by atoms with Crippen molar-refractivity contribution in [3.8, 4) is 22.5 Å². The minimum atomic E-state index is 0.661. The molecule has 8 nitrogen and oxygen atoms in total. The molecule has 0 saturated carbocycles. The van der Waals surface area contributed by atoms with E-state index in [1.165, 1.54) is 0 Å². The van der Waals surface area contributed by atoms with E-state index in [9.17, 15) is 0 Å². The van der Waals surface area contributed by atoms with Crippen molar-refractivity contribution in [2.75, 3.05) is 0 Å². The number of pyridine rings is 6. The van der Waals surface area contributed by atoms with Gasteiger partial charge in [-0.25, -0.2) is 9.98 Å². The van der Waals surface area contributed by atoms with Crippen molar-refractivity contribution < 1.29 is 0 Å². The van der Waals surface area contributed by atoms with Gasteiger partial charge >= 0.3 is 0 Å². The molecule has 0 saturated heterocycles.